The fourth-order valence-electron chi connectivity index (χ4n) is 1.20. The number of nitrogens with two attached hydrogens (primary N) is 1. The molecule has 84 valence electrons. The van der Waals surface area contributed by atoms with E-state index in [0.717, 1.165) is 6.08 Å². The molecule has 0 aliphatic heterocycles. The molecule has 4 nitrogen and oxygen atoms in total. The average molecular weight is 243 g/mol. The molecule has 2 unspecified atom stereocenters. The maximum Gasteiger partial charge on any atom is 0.403 e. The SMILES string of the molecule is NC1([N+](=O)[O-])C=CC(Cl)=CC1C(F)(F)F. The molecule has 0 radical (unpaired) electrons. The summed E-state index contributed by atoms with van der Waals surface area (Å²) in [6, 6.07) is 0. The third-order valence-electron chi connectivity index (χ3n) is 2.00. The number of rotatable bonds is 1. The highest BCUT2D eigenvalue weighted by Crippen LogP contribution is 2.39. The van der Waals surface area contributed by atoms with Gasteiger partial charge in [-0.25, -0.2) is 0 Å². The molecule has 0 heterocycles. The second kappa shape index (κ2) is 3.49. The van der Waals surface area contributed by atoms with Gasteiger partial charge >= 0.3 is 11.8 Å². The van der Waals surface area contributed by atoms with E-state index in [2.05, 4.69) is 0 Å². The van der Waals surface area contributed by atoms with E-state index in [1.165, 1.54) is 0 Å². The predicted molar refractivity (Wildman–Crippen MR) is 46.5 cm³/mol. The molecular weight excluding hydrogens is 237 g/mol. The molecule has 15 heavy (non-hydrogen) atoms. The van der Waals surface area contributed by atoms with Crippen LogP contribution in [-0.2, 0) is 0 Å². The van der Waals surface area contributed by atoms with E-state index in [1.807, 2.05) is 0 Å². The number of hydrogen-bond acceptors (Lipinski definition) is 3. The molecule has 2 N–H and O–H groups in total. The molecule has 0 aromatic carbocycles. The average Bonchev–Trinajstić information content (AvgIpc) is 2.07. The van der Waals surface area contributed by atoms with E-state index in [1.54, 1.807) is 0 Å². The Morgan fingerprint density at radius 2 is 2.13 bits per heavy atom. The number of nitro groups is 1. The van der Waals surface area contributed by atoms with Crippen LogP contribution in [0.15, 0.2) is 23.3 Å². The Morgan fingerprint density at radius 1 is 1.60 bits per heavy atom. The summed E-state index contributed by atoms with van der Waals surface area (Å²) in [6.45, 7) is 0. The Hall–Kier alpha value is -1.08. The normalized spacial score (nSPS) is 31.3. The molecule has 0 spiro atoms. The number of halogens is 4. The molecule has 8 heteroatoms. The van der Waals surface area contributed by atoms with Gasteiger partial charge in [-0.15, -0.1) is 0 Å². The molecule has 0 bridgehead atoms. The summed E-state index contributed by atoms with van der Waals surface area (Å²) in [5.41, 5.74) is 2.40. The summed E-state index contributed by atoms with van der Waals surface area (Å²) in [5.74, 6) is -2.42. The first-order valence-electron chi connectivity index (χ1n) is 3.74. The molecule has 0 saturated heterocycles. The zero-order valence-corrected chi connectivity index (χ0v) is 7.92. The minimum Gasteiger partial charge on any atom is -0.262 e. The van der Waals surface area contributed by atoms with Crippen LogP contribution in [0, 0.1) is 16.0 Å². The fourth-order valence-corrected chi connectivity index (χ4v) is 1.39. The maximum absolute atomic E-state index is 12.4. The topological polar surface area (TPSA) is 69.2 Å². The van der Waals surface area contributed by atoms with Gasteiger partial charge in [-0.3, -0.25) is 15.8 Å². The van der Waals surface area contributed by atoms with Crippen LogP contribution < -0.4 is 5.73 Å². The lowest BCUT2D eigenvalue weighted by Crippen LogP contribution is -2.57. The van der Waals surface area contributed by atoms with E-state index < -0.39 is 22.7 Å². The van der Waals surface area contributed by atoms with Crippen LogP contribution in [0.25, 0.3) is 0 Å². The van der Waals surface area contributed by atoms with Crippen molar-refractivity contribution in [1.82, 2.24) is 0 Å². The monoisotopic (exact) mass is 242 g/mol. The predicted octanol–water partition coefficient (Wildman–Crippen LogP) is 1.79. The standard InChI is InChI=1S/C7H6ClF3N2O2/c8-4-1-2-6(12,13(14)15)5(3-4)7(9,10)11/h1-3,5H,12H2. The van der Waals surface area contributed by atoms with Gasteiger partial charge in [-0.2, -0.15) is 13.2 Å². The number of alkyl halides is 3. The van der Waals surface area contributed by atoms with Crippen molar-refractivity contribution >= 4 is 11.6 Å². The van der Waals surface area contributed by atoms with Gasteiger partial charge in [0, 0.05) is 16.0 Å². The van der Waals surface area contributed by atoms with Gasteiger partial charge in [0.1, 0.15) is 0 Å². The molecule has 0 aromatic rings. The van der Waals surface area contributed by atoms with Crippen molar-refractivity contribution in [3.05, 3.63) is 33.4 Å². The van der Waals surface area contributed by atoms with Crippen LogP contribution in [-0.4, -0.2) is 16.8 Å². The summed E-state index contributed by atoms with van der Waals surface area (Å²) >= 11 is 5.35. The van der Waals surface area contributed by atoms with E-state index in [0.29, 0.717) is 12.2 Å². The summed E-state index contributed by atoms with van der Waals surface area (Å²) in [4.78, 5) is 9.32. The van der Waals surface area contributed by atoms with Crippen molar-refractivity contribution in [1.29, 1.82) is 0 Å². The summed E-state index contributed by atoms with van der Waals surface area (Å²) < 4.78 is 37.3. The fraction of sp³-hybridized carbons (Fsp3) is 0.429. The van der Waals surface area contributed by atoms with Crippen molar-refractivity contribution < 1.29 is 18.1 Å². The second-order valence-corrected chi connectivity index (χ2v) is 3.49. The largest absolute Gasteiger partial charge is 0.403 e. The van der Waals surface area contributed by atoms with Crippen molar-refractivity contribution in [3.8, 4) is 0 Å². The molecule has 1 rings (SSSR count). The zero-order chi connectivity index (χ0) is 11.9. The maximum atomic E-state index is 12.4. The second-order valence-electron chi connectivity index (χ2n) is 3.05. The van der Waals surface area contributed by atoms with Gasteiger partial charge in [0.25, 0.3) is 0 Å². The molecule has 1 aliphatic rings. The highest BCUT2D eigenvalue weighted by Gasteiger charge is 2.58. The van der Waals surface area contributed by atoms with Gasteiger partial charge in [-0.1, -0.05) is 11.6 Å². The summed E-state index contributed by atoms with van der Waals surface area (Å²) in [5, 5.41) is 10.3. The third kappa shape index (κ3) is 2.13. The first kappa shape index (κ1) is 12.0. The van der Waals surface area contributed by atoms with Crippen molar-refractivity contribution in [2.24, 2.45) is 11.7 Å². The number of allylic oxidation sites excluding steroid dienone is 2. The molecule has 0 fully saturated rings. The highest BCUT2D eigenvalue weighted by molar-refractivity contribution is 6.31. The van der Waals surface area contributed by atoms with Crippen molar-refractivity contribution in [2.75, 3.05) is 0 Å². The lowest BCUT2D eigenvalue weighted by atomic mass is 9.89. The Kier molecular flexibility index (Phi) is 2.79. The zero-order valence-electron chi connectivity index (χ0n) is 7.16. The van der Waals surface area contributed by atoms with Crippen LogP contribution in [0.2, 0.25) is 0 Å². The van der Waals surface area contributed by atoms with Crippen LogP contribution in [0.4, 0.5) is 13.2 Å². The van der Waals surface area contributed by atoms with E-state index >= 15 is 0 Å². The van der Waals surface area contributed by atoms with Crippen LogP contribution in [0.1, 0.15) is 0 Å². The van der Waals surface area contributed by atoms with E-state index in [9.17, 15) is 23.3 Å². The number of nitrogens with zero attached hydrogens (tertiary/aromatic N) is 1. The van der Waals surface area contributed by atoms with E-state index in [-0.39, 0.29) is 5.03 Å². The summed E-state index contributed by atoms with van der Waals surface area (Å²) in [7, 11) is 0. The molecule has 0 amide bonds. The van der Waals surface area contributed by atoms with Crippen LogP contribution >= 0.6 is 11.6 Å². The van der Waals surface area contributed by atoms with Crippen molar-refractivity contribution in [3.63, 3.8) is 0 Å². The van der Waals surface area contributed by atoms with Gasteiger partial charge in [0.2, 0.25) is 0 Å². The van der Waals surface area contributed by atoms with E-state index in [4.69, 9.17) is 17.3 Å². The molecule has 0 aromatic heterocycles. The first-order valence-corrected chi connectivity index (χ1v) is 4.12. The lowest BCUT2D eigenvalue weighted by Gasteiger charge is -2.28. The Morgan fingerprint density at radius 3 is 2.53 bits per heavy atom. The minimum atomic E-state index is -4.81. The Labute approximate surface area is 87.3 Å². The van der Waals surface area contributed by atoms with Crippen LogP contribution in [0.5, 0.6) is 0 Å². The van der Waals surface area contributed by atoms with Gasteiger partial charge in [0.15, 0.2) is 5.92 Å². The van der Waals surface area contributed by atoms with Crippen LogP contribution in [0.3, 0.4) is 0 Å². The summed E-state index contributed by atoms with van der Waals surface area (Å²) in [6.07, 6.45) is -2.66. The first-order chi connectivity index (χ1) is 6.68. The number of hydrogen-bond donors (Lipinski definition) is 1. The Bertz CT molecular complexity index is 353. The lowest BCUT2D eigenvalue weighted by molar-refractivity contribution is -0.571. The smallest absolute Gasteiger partial charge is 0.262 e. The van der Waals surface area contributed by atoms with Gasteiger partial charge < -0.3 is 0 Å². The molecule has 2 atom stereocenters. The van der Waals surface area contributed by atoms with Gasteiger partial charge in [-0.05, 0) is 12.2 Å². The van der Waals surface area contributed by atoms with Crippen molar-refractivity contribution in [2.45, 2.75) is 11.8 Å². The quantitative estimate of drug-likeness (QED) is 0.433. The Balaban J connectivity index is 3.20. The minimum absolute atomic E-state index is 0.222. The third-order valence-corrected chi connectivity index (χ3v) is 2.25. The molecule has 0 saturated carbocycles. The highest BCUT2D eigenvalue weighted by atomic mass is 35.5. The van der Waals surface area contributed by atoms with Gasteiger partial charge in [0.05, 0.1) is 0 Å². The molecular formula is C7H6ClF3N2O2. The molecule has 1 aliphatic carbocycles.